The molecule has 5 nitrogen and oxygen atoms in total. The molecule has 0 saturated carbocycles. The first-order valence-corrected chi connectivity index (χ1v) is 7.12. The summed E-state index contributed by atoms with van der Waals surface area (Å²) >= 11 is 11.9. The van der Waals surface area contributed by atoms with E-state index in [0.29, 0.717) is 21.5 Å². The summed E-state index contributed by atoms with van der Waals surface area (Å²) in [5, 5.41) is 12.2. The molecule has 0 atom stereocenters. The molecule has 0 aliphatic rings. The number of halogens is 2. The van der Waals surface area contributed by atoms with Crippen LogP contribution in [0.4, 0.5) is 11.4 Å². The van der Waals surface area contributed by atoms with Crippen molar-refractivity contribution in [1.82, 2.24) is 0 Å². The number of rotatable bonds is 5. The first-order valence-electron chi connectivity index (χ1n) is 6.36. The van der Waals surface area contributed by atoms with Crippen LogP contribution in [0.3, 0.4) is 0 Å². The molecule has 0 aliphatic heterocycles. The third-order valence-electron chi connectivity index (χ3n) is 2.83. The Morgan fingerprint density at radius 1 is 1.23 bits per heavy atom. The maximum atomic E-state index is 11.2. The van der Waals surface area contributed by atoms with Gasteiger partial charge in [0.15, 0.2) is 0 Å². The van der Waals surface area contributed by atoms with Crippen molar-refractivity contribution >= 4 is 40.5 Å². The molecule has 0 saturated heterocycles. The normalized spacial score (nSPS) is 10.3. The molecule has 0 heterocycles. The van der Waals surface area contributed by atoms with E-state index in [1.165, 1.54) is 12.1 Å². The lowest BCUT2D eigenvalue weighted by Crippen LogP contribution is -2.16. The molecular weight excluding hydrogens is 327 g/mol. The van der Waals surface area contributed by atoms with Crippen molar-refractivity contribution in [2.75, 3.05) is 17.7 Å². The highest BCUT2D eigenvalue weighted by Gasteiger charge is 2.10. The Kier molecular flexibility index (Phi) is 5.49. The fraction of sp³-hybridized carbons (Fsp3) is 0.133. The molecule has 0 unspecified atom stereocenters. The van der Waals surface area contributed by atoms with Crippen molar-refractivity contribution in [2.45, 2.75) is 6.61 Å². The molecule has 0 bridgehead atoms. The van der Waals surface area contributed by atoms with E-state index >= 15 is 0 Å². The first kappa shape index (κ1) is 16.4. The maximum absolute atomic E-state index is 11.2. The fourth-order valence-electron chi connectivity index (χ4n) is 1.72. The average Bonchev–Trinajstić information content (AvgIpc) is 2.50. The van der Waals surface area contributed by atoms with Crippen molar-refractivity contribution in [3.8, 4) is 5.75 Å². The molecule has 0 aromatic heterocycles. The molecule has 0 spiro atoms. The molecule has 7 heteroatoms. The average molecular weight is 341 g/mol. The summed E-state index contributed by atoms with van der Waals surface area (Å²) in [5.41, 5.74) is 7.29. The van der Waals surface area contributed by atoms with Gasteiger partial charge >= 0.3 is 0 Å². The molecule has 0 radical (unpaired) electrons. The van der Waals surface area contributed by atoms with Gasteiger partial charge < -0.3 is 20.9 Å². The summed E-state index contributed by atoms with van der Waals surface area (Å²) in [7, 11) is 0. The van der Waals surface area contributed by atoms with Crippen LogP contribution in [-0.4, -0.2) is 17.6 Å². The fourth-order valence-corrected chi connectivity index (χ4v) is 2.07. The largest absolute Gasteiger partial charge is 0.487 e. The molecule has 22 heavy (non-hydrogen) atoms. The Bertz CT molecular complexity index is 675. The van der Waals surface area contributed by atoms with Gasteiger partial charge in [0, 0.05) is 11.1 Å². The van der Waals surface area contributed by atoms with Gasteiger partial charge in [0.25, 0.3) is 0 Å². The predicted octanol–water partition coefficient (Wildman–Crippen LogP) is 3.09. The highest BCUT2D eigenvalue weighted by Crippen LogP contribution is 2.33. The summed E-state index contributed by atoms with van der Waals surface area (Å²) in [6.45, 7) is -0.350. The molecular formula is C15H14Cl2N2O3. The number of carbonyl (C=O) groups is 1. The maximum Gasteiger partial charge on any atom is 0.250 e. The monoisotopic (exact) mass is 340 g/mol. The predicted molar refractivity (Wildman–Crippen MR) is 87.4 cm³/mol. The van der Waals surface area contributed by atoms with Gasteiger partial charge in [-0.3, -0.25) is 4.79 Å². The molecule has 2 aromatic carbocycles. The summed E-state index contributed by atoms with van der Waals surface area (Å²) in [4.78, 5) is 11.2. The van der Waals surface area contributed by atoms with Crippen LogP contribution < -0.4 is 15.8 Å². The number of benzene rings is 2. The zero-order valence-electron chi connectivity index (χ0n) is 11.5. The van der Waals surface area contributed by atoms with E-state index in [-0.39, 0.29) is 12.3 Å². The van der Waals surface area contributed by atoms with Crippen LogP contribution in [0, 0.1) is 0 Å². The third kappa shape index (κ3) is 4.27. The van der Waals surface area contributed by atoms with E-state index in [9.17, 15) is 4.79 Å². The highest BCUT2D eigenvalue weighted by atomic mass is 35.5. The Hall–Kier alpha value is -1.95. The number of amides is 1. The van der Waals surface area contributed by atoms with Crippen molar-refractivity contribution in [2.24, 2.45) is 0 Å². The van der Waals surface area contributed by atoms with Crippen molar-refractivity contribution in [3.63, 3.8) is 0 Å². The number of aliphatic hydroxyl groups excluding tert-OH is 1. The number of nitrogens with two attached hydrogens (primary N) is 1. The van der Waals surface area contributed by atoms with Gasteiger partial charge in [-0.15, -0.1) is 0 Å². The quantitative estimate of drug-likeness (QED) is 0.730. The van der Waals surface area contributed by atoms with Crippen LogP contribution in [0.15, 0.2) is 36.4 Å². The van der Waals surface area contributed by atoms with E-state index in [2.05, 4.69) is 5.32 Å². The van der Waals surface area contributed by atoms with Crippen LogP contribution in [0.1, 0.15) is 5.56 Å². The van der Waals surface area contributed by atoms with Crippen LogP contribution in [0.5, 0.6) is 5.75 Å². The minimum Gasteiger partial charge on any atom is -0.487 e. The lowest BCUT2D eigenvalue weighted by atomic mass is 10.2. The zero-order valence-corrected chi connectivity index (χ0v) is 13.0. The molecule has 0 fully saturated rings. The minimum absolute atomic E-state index is 0.283. The molecule has 2 rings (SSSR count). The SMILES string of the molecule is Nc1cc(Cl)c(OCc2ccc(Cl)cc2)cc1NC(=O)CO. The topological polar surface area (TPSA) is 84.6 Å². The number of aliphatic hydroxyl groups is 1. The van der Waals surface area contributed by atoms with E-state index < -0.39 is 12.5 Å². The zero-order chi connectivity index (χ0) is 16.1. The summed E-state index contributed by atoms with van der Waals surface area (Å²) in [6.07, 6.45) is 0. The smallest absolute Gasteiger partial charge is 0.250 e. The minimum atomic E-state index is -0.636. The molecule has 4 N–H and O–H groups in total. The van der Waals surface area contributed by atoms with E-state index in [0.717, 1.165) is 5.56 Å². The lowest BCUT2D eigenvalue weighted by Gasteiger charge is -2.13. The van der Waals surface area contributed by atoms with Gasteiger partial charge in [-0.05, 0) is 23.8 Å². The van der Waals surface area contributed by atoms with Crippen LogP contribution in [0.2, 0.25) is 10.0 Å². The Morgan fingerprint density at radius 3 is 2.55 bits per heavy atom. The van der Waals surface area contributed by atoms with Crippen molar-refractivity contribution in [1.29, 1.82) is 0 Å². The summed E-state index contributed by atoms with van der Waals surface area (Å²) in [5.74, 6) is -0.197. The van der Waals surface area contributed by atoms with E-state index in [1.54, 1.807) is 12.1 Å². The number of anilines is 2. The molecule has 1 amide bonds. The Balaban J connectivity index is 2.14. The van der Waals surface area contributed by atoms with Crippen LogP contribution in [0.25, 0.3) is 0 Å². The van der Waals surface area contributed by atoms with Gasteiger partial charge in [-0.25, -0.2) is 0 Å². The standard InChI is InChI=1S/C15H14Cl2N2O3/c16-10-3-1-9(2-4-10)8-22-14-6-13(19-15(21)7-20)12(18)5-11(14)17/h1-6,20H,7-8,18H2,(H,19,21). The van der Waals surface area contributed by atoms with Crippen LogP contribution in [-0.2, 0) is 11.4 Å². The first-order chi connectivity index (χ1) is 10.5. The van der Waals surface area contributed by atoms with Gasteiger partial charge in [-0.1, -0.05) is 35.3 Å². The van der Waals surface area contributed by atoms with Gasteiger partial charge in [0.05, 0.1) is 16.4 Å². The number of nitrogen functional groups attached to an aromatic ring is 1. The Morgan fingerprint density at radius 2 is 1.91 bits per heavy atom. The van der Waals surface area contributed by atoms with E-state index in [4.69, 9.17) is 38.8 Å². The van der Waals surface area contributed by atoms with Crippen molar-refractivity contribution < 1.29 is 14.6 Å². The summed E-state index contributed by atoms with van der Waals surface area (Å²) < 4.78 is 5.63. The Labute approximate surface area is 137 Å². The number of nitrogens with one attached hydrogen (secondary N) is 1. The van der Waals surface area contributed by atoms with E-state index in [1.807, 2.05) is 12.1 Å². The third-order valence-corrected chi connectivity index (χ3v) is 3.38. The van der Waals surface area contributed by atoms with Gasteiger partial charge in [0.2, 0.25) is 5.91 Å². The van der Waals surface area contributed by atoms with Crippen LogP contribution >= 0.6 is 23.2 Å². The number of hydrogen-bond donors (Lipinski definition) is 3. The summed E-state index contributed by atoms with van der Waals surface area (Å²) in [6, 6.07) is 10.2. The second kappa shape index (κ2) is 7.35. The second-order valence-electron chi connectivity index (χ2n) is 4.49. The number of ether oxygens (including phenoxy) is 1. The molecule has 0 aliphatic carbocycles. The second-order valence-corrected chi connectivity index (χ2v) is 5.33. The van der Waals surface area contributed by atoms with Gasteiger partial charge in [0.1, 0.15) is 19.0 Å². The number of carbonyl (C=O) groups excluding carboxylic acids is 1. The van der Waals surface area contributed by atoms with Gasteiger partial charge in [-0.2, -0.15) is 0 Å². The molecule has 2 aromatic rings. The lowest BCUT2D eigenvalue weighted by molar-refractivity contribution is -0.118. The van der Waals surface area contributed by atoms with Crippen molar-refractivity contribution in [3.05, 3.63) is 52.0 Å². The highest BCUT2D eigenvalue weighted by molar-refractivity contribution is 6.32. The molecule has 116 valence electrons. The number of hydrogen-bond acceptors (Lipinski definition) is 4.